The molecule has 1 fully saturated rings. The van der Waals surface area contributed by atoms with Crippen molar-refractivity contribution in [2.24, 2.45) is 0 Å². The van der Waals surface area contributed by atoms with Gasteiger partial charge in [-0.1, -0.05) is 13.3 Å². The van der Waals surface area contributed by atoms with Crippen LogP contribution in [0.3, 0.4) is 0 Å². The number of hydrogen-bond acceptors (Lipinski definition) is 6. The van der Waals surface area contributed by atoms with Crippen molar-refractivity contribution in [2.75, 3.05) is 18.0 Å². The molecule has 7 nitrogen and oxygen atoms in total. The molecule has 1 aromatic heterocycles. The molecule has 38 heavy (non-hydrogen) atoms. The molecule has 0 bridgehead atoms. The minimum atomic E-state index is -5.01. The Bertz CT molecular complexity index is 1130. The number of carbonyl (C=O) groups excluding carboxylic acids is 2. The number of imide groups is 1. The van der Waals surface area contributed by atoms with Gasteiger partial charge in [0.15, 0.2) is 0 Å². The van der Waals surface area contributed by atoms with Crippen molar-refractivity contribution in [3.05, 3.63) is 51.8 Å². The SMILES string of the molecule is CCCC(C)(CN(Cc1cc(C(F)(F)F)cc(C(F)(F)F)c1)c1ncc(Br)cn1)OC(=O)N1CCCC1=O. The summed E-state index contributed by atoms with van der Waals surface area (Å²) in [5, 5.41) is 0. The van der Waals surface area contributed by atoms with Gasteiger partial charge in [0.25, 0.3) is 0 Å². The van der Waals surface area contributed by atoms with Crippen molar-refractivity contribution in [3.8, 4) is 0 Å². The van der Waals surface area contributed by atoms with Crippen LogP contribution in [-0.2, 0) is 28.4 Å². The number of likely N-dealkylation sites (tertiary alicyclic amines) is 1. The Hall–Kier alpha value is -2.90. The van der Waals surface area contributed by atoms with Crippen molar-refractivity contribution in [1.29, 1.82) is 0 Å². The number of ether oxygens (including phenoxy) is 1. The summed E-state index contributed by atoms with van der Waals surface area (Å²) in [5.41, 5.74) is -4.47. The van der Waals surface area contributed by atoms with Crippen LogP contribution in [0.4, 0.5) is 37.1 Å². The molecule has 208 valence electrons. The van der Waals surface area contributed by atoms with Crippen LogP contribution in [0.15, 0.2) is 35.1 Å². The highest BCUT2D eigenvalue weighted by atomic mass is 79.9. The fourth-order valence-electron chi connectivity index (χ4n) is 4.20. The van der Waals surface area contributed by atoms with Crippen LogP contribution >= 0.6 is 15.9 Å². The molecule has 3 rings (SSSR count). The lowest BCUT2D eigenvalue weighted by molar-refractivity contribution is -0.143. The van der Waals surface area contributed by atoms with E-state index in [1.807, 2.05) is 6.92 Å². The van der Waals surface area contributed by atoms with E-state index >= 15 is 0 Å². The van der Waals surface area contributed by atoms with Crippen LogP contribution in [0.25, 0.3) is 0 Å². The van der Waals surface area contributed by atoms with E-state index in [9.17, 15) is 35.9 Å². The summed E-state index contributed by atoms with van der Waals surface area (Å²) < 4.78 is 86.8. The lowest BCUT2D eigenvalue weighted by atomic mass is 9.98. The fraction of sp³-hybridized carbons (Fsp3) is 0.500. The molecular formula is C24H25BrF6N4O3. The zero-order valence-electron chi connectivity index (χ0n) is 20.5. The first-order chi connectivity index (χ1) is 17.6. The molecule has 1 saturated heterocycles. The van der Waals surface area contributed by atoms with E-state index in [0.29, 0.717) is 29.4 Å². The zero-order valence-corrected chi connectivity index (χ0v) is 22.1. The molecule has 0 aliphatic carbocycles. The van der Waals surface area contributed by atoms with Gasteiger partial charge in [0, 0.05) is 31.9 Å². The van der Waals surface area contributed by atoms with E-state index in [0.717, 1.165) is 4.90 Å². The van der Waals surface area contributed by atoms with E-state index in [1.165, 1.54) is 17.3 Å². The molecule has 2 heterocycles. The van der Waals surface area contributed by atoms with Gasteiger partial charge < -0.3 is 9.64 Å². The fourth-order valence-corrected chi connectivity index (χ4v) is 4.40. The van der Waals surface area contributed by atoms with E-state index in [4.69, 9.17) is 4.74 Å². The largest absolute Gasteiger partial charge is 0.441 e. The predicted octanol–water partition coefficient (Wildman–Crippen LogP) is 6.60. The molecule has 0 spiro atoms. The normalized spacial score (nSPS) is 15.9. The predicted molar refractivity (Wildman–Crippen MR) is 128 cm³/mol. The number of amides is 2. The first-order valence-corrected chi connectivity index (χ1v) is 12.4. The highest BCUT2D eigenvalue weighted by Crippen LogP contribution is 2.37. The van der Waals surface area contributed by atoms with Gasteiger partial charge in [0.05, 0.1) is 22.1 Å². The molecule has 1 aliphatic heterocycles. The van der Waals surface area contributed by atoms with Gasteiger partial charge >= 0.3 is 18.4 Å². The quantitative estimate of drug-likeness (QED) is 0.313. The summed E-state index contributed by atoms with van der Waals surface area (Å²) in [6.07, 6.45) is -6.64. The molecule has 2 aromatic rings. The summed E-state index contributed by atoms with van der Waals surface area (Å²) in [7, 11) is 0. The molecule has 0 radical (unpaired) electrons. The number of halogens is 7. The molecule has 1 aliphatic rings. The second-order valence-corrected chi connectivity index (χ2v) is 10.1. The first-order valence-electron chi connectivity index (χ1n) is 11.7. The number of hydrogen-bond donors (Lipinski definition) is 0. The monoisotopic (exact) mass is 610 g/mol. The standard InChI is InChI=1S/C24H25BrF6N4O3/c1-3-6-22(2,38-21(37)35-7-4-5-19(35)36)14-34(20-32-11-18(25)12-33-20)13-15-8-16(23(26,27)28)10-17(9-15)24(29,30)31/h8-12H,3-7,13-14H2,1-2H3. The van der Waals surface area contributed by atoms with Crippen molar-refractivity contribution in [2.45, 2.75) is 64.0 Å². The maximum Gasteiger partial charge on any atom is 0.417 e. The van der Waals surface area contributed by atoms with Gasteiger partial charge in [-0.3, -0.25) is 4.79 Å². The van der Waals surface area contributed by atoms with Gasteiger partial charge in [-0.05, 0) is 59.5 Å². The Morgan fingerprint density at radius 3 is 2.13 bits per heavy atom. The molecule has 14 heteroatoms. The second kappa shape index (κ2) is 11.5. The van der Waals surface area contributed by atoms with Crippen LogP contribution in [0.2, 0.25) is 0 Å². The molecule has 1 atom stereocenters. The number of nitrogens with zero attached hydrogens (tertiary/aromatic N) is 4. The molecule has 1 aromatic carbocycles. The van der Waals surface area contributed by atoms with E-state index < -0.39 is 41.7 Å². The third-order valence-electron chi connectivity index (χ3n) is 5.84. The summed E-state index contributed by atoms with van der Waals surface area (Å²) in [6, 6.07) is 1.32. The third kappa shape index (κ3) is 7.58. The van der Waals surface area contributed by atoms with Gasteiger partial charge in [-0.25, -0.2) is 19.7 Å². The number of rotatable bonds is 8. The number of carbonyl (C=O) groups is 2. The van der Waals surface area contributed by atoms with Crippen molar-refractivity contribution in [3.63, 3.8) is 0 Å². The lowest BCUT2D eigenvalue weighted by Crippen LogP contribution is -2.47. The van der Waals surface area contributed by atoms with Gasteiger partial charge in [0.2, 0.25) is 11.9 Å². The lowest BCUT2D eigenvalue weighted by Gasteiger charge is -2.36. The molecule has 0 N–H and O–H groups in total. The Labute approximate surface area is 223 Å². The highest BCUT2D eigenvalue weighted by molar-refractivity contribution is 9.10. The first kappa shape index (κ1) is 29.7. The summed E-state index contributed by atoms with van der Waals surface area (Å²) in [5.74, 6) is -0.389. The van der Waals surface area contributed by atoms with Gasteiger partial charge in [-0.2, -0.15) is 26.3 Å². The van der Waals surface area contributed by atoms with E-state index in [-0.39, 0.29) is 49.4 Å². The molecule has 1 unspecified atom stereocenters. The Morgan fingerprint density at radius 2 is 1.66 bits per heavy atom. The van der Waals surface area contributed by atoms with Crippen molar-refractivity contribution in [1.82, 2.24) is 14.9 Å². The Balaban J connectivity index is 2.00. The Morgan fingerprint density at radius 1 is 1.08 bits per heavy atom. The van der Waals surface area contributed by atoms with Crippen molar-refractivity contribution < 1.29 is 40.7 Å². The van der Waals surface area contributed by atoms with Crippen LogP contribution in [0.5, 0.6) is 0 Å². The summed E-state index contributed by atoms with van der Waals surface area (Å²) in [6.45, 7) is 2.97. The number of aromatic nitrogens is 2. The minimum Gasteiger partial charge on any atom is -0.441 e. The number of anilines is 1. The molecule has 0 saturated carbocycles. The smallest absolute Gasteiger partial charge is 0.417 e. The van der Waals surface area contributed by atoms with Crippen LogP contribution in [-0.4, -0.2) is 45.6 Å². The van der Waals surface area contributed by atoms with E-state index in [1.54, 1.807) is 6.92 Å². The molecular weight excluding hydrogens is 586 g/mol. The highest BCUT2D eigenvalue weighted by Gasteiger charge is 2.39. The second-order valence-electron chi connectivity index (χ2n) is 9.19. The summed E-state index contributed by atoms with van der Waals surface area (Å²) in [4.78, 5) is 35.4. The van der Waals surface area contributed by atoms with Crippen LogP contribution < -0.4 is 4.90 Å². The van der Waals surface area contributed by atoms with Crippen LogP contribution in [0.1, 0.15) is 56.2 Å². The third-order valence-corrected chi connectivity index (χ3v) is 6.25. The molecule has 2 amide bonds. The number of alkyl halides is 6. The number of benzene rings is 1. The van der Waals surface area contributed by atoms with Crippen LogP contribution in [0, 0.1) is 0 Å². The maximum atomic E-state index is 13.4. The average molecular weight is 611 g/mol. The average Bonchev–Trinajstić information content (AvgIpc) is 3.24. The van der Waals surface area contributed by atoms with Gasteiger partial charge in [-0.15, -0.1) is 0 Å². The maximum absolute atomic E-state index is 13.4. The van der Waals surface area contributed by atoms with E-state index in [2.05, 4.69) is 25.9 Å². The minimum absolute atomic E-state index is 0.00482. The topological polar surface area (TPSA) is 75.6 Å². The Kier molecular flexibility index (Phi) is 8.94. The zero-order chi connectivity index (χ0) is 28.3. The van der Waals surface area contributed by atoms with Crippen molar-refractivity contribution >= 4 is 33.9 Å². The van der Waals surface area contributed by atoms with Gasteiger partial charge in [0.1, 0.15) is 5.60 Å². The summed E-state index contributed by atoms with van der Waals surface area (Å²) >= 11 is 3.19.